The van der Waals surface area contributed by atoms with Gasteiger partial charge in [-0.3, -0.25) is 0 Å². The van der Waals surface area contributed by atoms with Crippen LogP contribution >= 0.6 is 0 Å². The lowest BCUT2D eigenvalue weighted by molar-refractivity contribution is 0.456. The molecule has 2 bridgehead atoms. The summed E-state index contributed by atoms with van der Waals surface area (Å²) in [6.45, 7) is 2.19. The molecule has 4 atom stereocenters. The van der Waals surface area contributed by atoms with Gasteiger partial charge in [0.1, 0.15) is 17.8 Å². The van der Waals surface area contributed by atoms with Gasteiger partial charge in [0, 0.05) is 12.2 Å². The van der Waals surface area contributed by atoms with E-state index in [9.17, 15) is 0 Å². The molecule has 2 aromatic rings. The lowest BCUT2D eigenvalue weighted by Crippen LogP contribution is -2.14. The summed E-state index contributed by atoms with van der Waals surface area (Å²) in [5.41, 5.74) is 2.28. The number of rotatable bonds is 3. The highest BCUT2D eigenvalue weighted by Crippen LogP contribution is 2.66. The minimum Gasteiger partial charge on any atom is -0.366 e. The molecule has 0 aromatic carbocycles. The van der Waals surface area contributed by atoms with Gasteiger partial charge in [0.2, 0.25) is 0 Å². The molecule has 4 unspecified atom stereocenters. The molecule has 104 valence electrons. The van der Waals surface area contributed by atoms with Gasteiger partial charge in [-0.25, -0.2) is 9.97 Å². The molecule has 3 saturated carbocycles. The number of aromatic nitrogens is 3. The quantitative estimate of drug-likeness (QED) is 0.899. The molecule has 20 heavy (non-hydrogen) atoms. The number of nitrogens with zero attached hydrogens (tertiary/aromatic N) is 2. The maximum atomic E-state index is 4.52. The van der Waals surface area contributed by atoms with Crippen molar-refractivity contribution in [3.63, 3.8) is 0 Å². The fourth-order valence-corrected chi connectivity index (χ4v) is 5.09. The molecule has 0 spiro atoms. The van der Waals surface area contributed by atoms with Crippen molar-refractivity contribution in [3.8, 4) is 0 Å². The van der Waals surface area contributed by atoms with Crippen LogP contribution in [0, 0.1) is 23.7 Å². The zero-order valence-corrected chi connectivity index (χ0v) is 11.8. The second-order valence-corrected chi connectivity index (χ2v) is 6.77. The SMILES string of the molecule is CCc1c[nH]c2ncnc(NC3C4C5CCC(C5)C34)c12. The Morgan fingerprint density at radius 3 is 2.80 bits per heavy atom. The van der Waals surface area contributed by atoms with Crippen LogP contribution in [0.25, 0.3) is 11.0 Å². The summed E-state index contributed by atoms with van der Waals surface area (Å²) in [7, 11) is 0. The Labute approximate surface area is 118 Å². The summed E-state index contributed by atoms with van der Waals surface area (Å²) < 4.78 is 0. The minimum atomic E-state index is 0.680. The Hall–Kier alpha value is -1.58. The predicted octanol–water partition coefficient (Wildman–Crippen LogP) is 2.98. The molecule has 0 saturated heterocycles. The minimum absolute atomic E-state index is 0.680. The van der Waals surface area contributed by atoms with Crippen molar-refractivity contribution in [1.82, 2.24) is 15.0 Å². The van der Waals surface area contributed by atoms with Crippen LogP contribution in [0.15, 0.2) is 12.5 Å². The molecule has 0 amide bonds. The van der Waals surface area contributed by atoms with E-state index in [-0.39, 0.29) is 0 Å². The maximum absolute atomic E-state index is 4.52. The van der Waals surface area contributed by atoms with E-state index >= 15 is 0 Å². The zero-order chi connectivity index (χ0) is 13.3. The van der Waals surface area contributed by atoms with E-state index in [0.717, 1.165) is 41.6 Å². The van der Waals surface area contributed by atoms with E-state index in [1.807, 2.05) is 0 Å². The van der Waals surface area contributed by atoms with E-state index in [0.29, 0.717) is 6.04 Å². The van der Waals surface area contributed by atoms with Gasteiger partial charge < -0.3 is 10.3 Å². The molecule has 3 aliphatic carbocycles. The number of aromatic amines is 1. The van der Waals surface area contributed by atoms with Gasteiger partial charge in [0.25, 0.3) is 0 Å². The largest absolute Gasteiger partial charge is 0.366 e. The van der Waals surface area contributed by atoms with E-state index in [2.05, 4.69) is 33.4 Å². The Balaban J connectivity index is 1.49. The number of nitrogens with one attached hydrogen (secondary N) is 2. The molecule has 3 aliphatic rings. The highest BCUT2D eigenvalue weighted by Gasteiger charge is 2.65. The molecule has 2 heterocycles. The second kappa shape index (κ2) is 3.74. The Kier molecular flexibility index (Phi) is 2.08. The van der Waals surface area contributed by atoms with Crippen LogP contribution in [0.1, 0.15) is 31.7 Å². The standard InChI is InChI=1S/C16H20N4/c1-2-8-6-17-15-13(8)16(19-7-18-15)20-14-11-9-3-4-10(5-9)12(11)14/h6-7,9-12,14H,2-5H2,1H3,(H2,17,18,19,20). The van der Waals surface area contributed by atoms with Crippen molar-refractivity contribution >= 4 is 16.9 Å². The average Bonchev–Trinajstić information content (AvgIpc) is 2.90. The lowest BCUT2D eigenvalue weighted by atomic mass is 10.0. The van der Waals surface area contributed by atoms with Crippen LogP contribution in [-0.4, -0.2) is 21.0 Å². The molecular weight excluding hydrogens is 248 g/mol. The first-order chi connectivity index (χ1) is 9.86. The van der Waals surface area contributed by atoms with E-state index < -0.39 is 0 Å². The van der Waals surface area contributed by atoms with Gasteiger partial charge in [-0.2, -0.15) is 0 Å². The summed E-state index contributed by atoms with van der Waals surface area (Å²) in [6.07, 6.45) is 9.19. The third kappa shape index (κ3) is 1.32. The summed E-state index contributed by atoms with van der Waals surface area (Å²) in [5, 5.41) is 4.95. The van der Waals surface area contributed by atoms with Crippen LogP contribution in [0.5, 0.6) is 0 Å². The number of fused-ring (bicyclic) bond motifs is 6. The molecule has 2 N–H and O–H groups in total. The Morgan fingerprint density at radius 2 is 2.05 bits per heavy atom. The Morgan fingerprint density at radius 1 is 1.25 bits per heavy atom. The first-order valence-corrected chi connectivity index (χ1v) is 7.94. The van der Waals surface area contributed by atoms with Crippen molar-refractivity contribution in [2.45, 2.75) is 38.6 Å². The van der Waals surface area contributed by atoms with Crippen LogP contribution < -0.4 is 5.32 Å². The molecule has 4 nitrogen and oxygen atoms in total. The number of H-pyrrole nitrogens is 1. The van der Waals surface area contributed by atoms with Gasteiger partial charge in [-0.15, -0.1) is 0 Å². The third-order valence-corrected chi connectivity index (χ3v) is 5.97. The molecule has 3 fully saturated rings. The van der Waals surface area contributed by atoms with Gasteiger partial charge in [0.05, 0.1) is 5.39 Å². The van der Waals surface area contributed by atoms with Crippen molar-refractivity contribution in [1.29, 1.82) is 0 Å². The molecule has 2 aromatic heterocycles. The van der Waals surface area contributed by atoms with Gasteiger partial charge in [-0.05, 0) is 54.9 Å². The summed E-state index contributed by atoms with van der Waals surface area (Å²) in [4.78, 5) is 12.1. The van der Waals surface area contributed by atoms with Crippen LogP contribution in [0.3, 0.4) is 0 Å². The number of hydrogen-bond donors (Lipinski definition) is 2. The first kappa shape index (κ1) is 11.1. The van der Waals surface area contributed by atoms with E-state index in [1.54, 1.807) is 6.33 Å². The predicted molar refractivity (Wildman–Crippen MR) is 78.5 cm³/mol. The van der Waals surface area contributed by atoms with Crippen molar-refractivity contribution in [2.75, 3.05) is 5.32 Å². The van der Waals surface area contributed by atoms with E-state index in [4.69, 9.17) is 0 Å². The van der Waals surface area contributed by atoms with Gasteiger partial charge in [-0.1, -0.05) is 6.92 Å². The molecule has 5 rings (SSSR count). The second-order valence-electron chi connectivity index (χ2n) is 6.77. The number of aryl methyl sites for hydroxylation is 1. The fraction of sp³-hybridized carbons (Fsp3) is 0.625. The van der Waals surface area contributed by atoms with Gasteiger partial charge in [0.15, 0.2) is 0 Å². The lowest BCUT2D eigenvalue weighted by Gasteiger charge is -2.12. The molecular formula is C16H20N4. The highest BCUT2D eigenvalue weighted by molar-refractivity contribution is 5.90. The third-order valence-electron chi connectivity index (χ3n) is 5.97. The zero-order valence-electron chi connectivity index (χ0n) is 11.8. The fourth-order valence-electron chi connectivity index (χ4n) is 5.09. The van der Waals surface area contributed by atoms with Crippen LogP contribution in [-0.2, 0) is 6.42 Å². The first-order valence-electron chi connectivity index (χ1n) is 7.94. The van der Waals surface area contributed by atoms with Crippen LogP contribution in [0.4, 0.5) is 5.82 Å². The smallest absolute Gasteiger partial charge is 0.143 e. The summed E-state index contributed by atoms with van der Waals surface area (Å²) in [6, 6.07) is 0.680. The molecule has 4 heteroatoms. The van der Waals surface area contributed by atoms with Crippen molar-refractivity contribution in [2.24, 2.45) is 23.7 Å². The summed E-state index contributed by atoms with van der Waals surface area (Å²) in [5.74, 6) is 4.91. The van der Waals surface area contributed by atoms with E-state index in [1.165, 1.54) is 30.2 Å². The number of anilines is 1. The van der Waals surface area contributed by atoms with Crippen molar-refractivity contribution < 1.29 is 0 Å². The molecule has 0 aliphatic heterocycles. The highest BCUT2D eigenvalue weighted by atomic mass is 15.1. The normalized spacial score (nSPS) is 37.4. The maximum Gasteiger partial charge on any atom is 0.143 e. The monoisotopic (exact) mass is 268 g/mol. The number of hydrogen-bond acceptors (Lipinski definition) is 3. The Bertz CT molecular complexity index is 660. The summed E-state index contributed by atoms with van der Waals surface area (Å²) >= 11 is 0. The molecule has 0 radical (unpaired) electrons. The van der Waals surface area contributed by atoms with Crippen LogP contribution in [0.2, 0.25) is 0 Å². The average molecular weight is 268 g/mol. The van der Waals surface area contributed by atoms with Gasteiger partial charge >= 0.3 is 0 Å². The topological polar surface area (TPSA) is 53.6 Å². The van der Waals surface area contributed by atoms with Crippen molar-refractivity contribution in [3.05, 3.63) is 18.1 Å².